The second-order valence-electron chi connectivity index (χ2n) is 7.54. The molecular weight excluding hydrogens is 452 g/mol. The molecule has 1 aromatic rings. The first-order valence-electron chi connectivity index (χ1n) is 10.4. The molecule has 12 nitrogen and oxygen atoms in total. The topological polar surface area (TPSA) is 156 Å². The van der Waals surface area contributed by atoms with E-state index in [1.165, 1.54) is 20.8 Å². The van der Waals surface area contributed by atoms with Crippen LogP contribution in [0, 0.1) is 0 Å². The van der Waals surface area contributed by atoms with E-state index in [0.29, 0.717) is 11.4 Å². The molecular formula is C22H28N2O10. The fraction of sp³-hybridized carbons (Fsp3) is 0.500. The van der Waals surface area contributed by atoms with Crippen LogP contribution in [0.3, 0.4) is 0 Å². The van der Waals surface area contributed by atoms with Crippen LogP contribution in [0.4, 0.5) is 5.69 Å². The van der Waals surface area contributed by atoms with Crippen LogP contribution >= 0.6 is 0 Å². The third-order valence-electron chi connectivity index (χ3n) is 4.50. The fourth-order valence-corrected chi connectivity index (χ4v) is 3.35. The van der Waals surface area contributed by atoms with E-state index >= 15 is 0 Å². The van der Waals surface area contributed by atoms with Crippen LogP contribution < -0.4 is 15.4 Å². The predicted octanol–water partition coefficient (Wildman–Crippen LogP) is 0.680. The highest BCUT2D eigenvalue weighted by molar-refractivity contribution is 5.88. The lowest BCUT2D eigenvalue weighted by Gasteiger charge is -2.44. The van der Waals surface area contributed by atoms with E-state index < -0.39 is 54.5 Å². The highest BCUT2D eigenvalue weighted by atomic mass is 16.7. The maximum absolute atomic E-state index is 11.9. The van der Waals surface area contributed by atoms with Crippen LogP contribution in [0.15, 0.2) is 24.3 Å². The Balaban J connectivity index is 2.40. The average Bonchev–Trinajstić information content (AvgIpc) is 2.71. The van der Waals surface area contributed by atoms with Gasteiger partial charge < -0.3 is 34.3 Å². The van der Waals surface area contributed by atoms with Gasteiger partial charge in [0, 0.05) is 40.3 Å². The number of ether oxygens (including phenoxy) is 5. The van der Waals surface area contributed by atoms with Crippen molar-refractivity contribution in [3.63, 3.8) is 0 Å². The summed E-state index contributed by atoms with van der Waals surface area (Å²) in [5.41, 5.74) is 0.531. The molecule has 34 heavy (non-hydrogen) atoms. The molecule has 1 heterocycles. The Hall–Kier alpha value is -3.67. The molecule has 0 saturated carbocycles. The van der Waals surface area contributed by atoms with Gasteiger partial charge in [0.05, 0.1) is 0 Å². The molecule has 0 bridgehead atoms. The first-order chi connectivity index (χ1) is 16.0. The summed E-state index contributed by atoms with van der Waals surface area (Å²) in [6, 6.07) is 5.21. The van der Waals surface area contributed by atoms with Gasteiger partial charge in [-0.25, -0.2) is 0 Å². The zero-order chi connectivity index (χ0) is 25.4. The van der Waals surface area contributed by atoms with Gasteiger partial charge in [-0.05, 0) is 24.3 Å². The van der Waals surface area contributed by atoms with Gasteiger partial charge in [0.15, 0.2) is 12.2 Å². The fourth-order valence-electron chi connectivity index (χ4n) is 3.35. The highest BCUT2D eigenvalue weighted by Crippen LogP contribution is 2.29. The Morgan fingerprint density at radius 3 is 1.91 bits per heavy atom. The SMILES string of the molecule is CC(=O)Nc1ccc(O[C@@H]2O[C@H](COC(C)=O)[C@H](OC(C)=O)[C@H](OC(C)=O)[C@H]2NC(C)=O)cc1. The van der Waals surface area contributed by atoms with Crippen molar-refractivity contribution in [2.24, 2.45) is 0 Å². The van der Waals surface area contributed by atoms with E-state index in [-0.39, 0.29) is 12.5 Å². The molecule has 5 atom stereocenters. The summed E-state index contributed by atoms with van der Waals surface area (Å²) in [7, 11) is 0. The van der Waals surface area contributed by atoms with Crippen molar-refractivity contribution in [2.45, 2.75) is 65.3 Å². The van der Waals surface area contributed by atoms with E-state index in [1.54, 1.807) is 24.3 Å². The summed E-state index contributed by atoms with van der Waals surface area (Å²) in [6.45, 7) is 5.78. The van der Waals surface area contributed by atoms with Gasteiger partial charge in [0.2, 0.25) is 18.1 Å². The molecule has 0 unspecified atom stereocenters. The number of carbonyl (C=O) groups is 5. The van der Waals surface area contributed by atoms with Gasteiger partial charge in [0.25, 0.3) is 0 Å². The van der Waals surface area contributed by atoms with Crippen molar-refractivity contribution in [3.05, 3.63) is 24.3 Å². The Kier molecular flexibility index (Phi) is 9.36. The van der Waals surface area contributed by atoms with E-state index in [2.05, 4.69) is 10.6 Å². The normalized spacial score (nSPS) is 23.7. The molecule has 1 aromatic carbocycles. The molecule has 12 heteroatoms. The third-order valence-corrected chi connectivity index (χ3v) is 4.50. The smallest absolute Gasteiger partial charge is 0.303 e. The third kappa shape index (κ3) is 8.03. The Bertz CT molecular complexity index is 917. The molecule has 0 aliphatic carbocycles. The maximum Gasteiger partial charge on any atom is 0.303 e. The monoisotopic (exact) mass is 480 g/mol. The van der Waals surface area contributed by atoms with Gasteiger partial charge in [0.1, 0.15) is 24.5 Å². The largest absolute Gasteiger partial charge is 0.463 e. The first kappa shape index (κ1) is 26.6. The lowest BCUT2D eigenvalue weighted by molar-refractivity contribution is -0.257. The Morgan fingerprint density at radius 2 is 1.41 bits per heavy atom. The number of benzene rings is 1. The van der Waals surface area contributed by atoms with E-state index in [9.17, 15) is 24.0 Å². The van der Waals surface area contributed by atoms with Crippen LogP contribution in [0.1, 0.15) is 34.6 Å². The number of rotatable bonds is 8. The zero-order valence-corrected chi connectivity index (χ0v) is 19.5. The summed E-state index contributed by atoms with van der Waals surface area (Å²) in [5, 5.41) is 5.23. The lowest BCUT2D eigenvalue weighted by Crippen LogP contribution is -2.67. The Morgan fingerprint density at radius 1 is 0.824 bits per heavy atom. The Labute approximate surface area is 196 Å². The van der Waals surface area contributed by atoms with Crippen LogP contribution in [0.2, 0.25) is 0 Å². The van der Waals surface area contributed by atoms with Crippen molar-refractivity contribution >= 4 is 35.4 Å². The number of carbonyl (C=O) groups excluding carboxylic acids is 5. The summed E-state index contributed by atoms with van der Waals surface area (Å²) in [5.74, 6) is -2.45. The second kappa shape index (κ2) is 12.0. The molecule has 1 aliphatic heterocycles. The quantitative estimate of drug-likeness (QED) is 0.401. The van der Waals surface area contributed by atoms with Gasteiger partial charge in [-0.1, -0.05) is 0 Å². The molecule has 1 aliphatic rings. The standard InChI is InChI=1S/C22H28N2O10/c1-11(25)23-16-6-8-17(9-7-16)33-22-19(24-12(2)26)21(32-15(5)29)20(31-14(4)28)18(34-22)10-30-13(3)27/h6-9,18-22H,10H2,1-5H3,(H,23,25)(H,24,26)/t18-,19-,20+,21-,22-/m1/s1. The van der Waals surface area contributed by atoms with Gasteiger partial charge >= 0.3 is 17.9 Å². The summed E-state index contributed by atoms with van der Waals surface area (Å²) in [4.78, 5) is 58.2. The molecule has 2 N–H and O–H groups in total. The molecule has 186 valence electrons. The van der Waals surface area contributed by atoms with E-state index in [0.717, 1.165) is 13.8 Å². The first-order valence-corrected chi connectivity index (χ1v) is 10.4. The number of nitrogens with one attached hydrogen (secondary N) is 2. The number of anilines is 1. The lowest BCUT2D eigenvalue weighted by atomic mass is 9.96. The number of esters is 3. The van der Waals surface area contributed by atoms with Crippen LogP contribution in [0.25, 0.3) is 0 Å². The van der Waals surface area contributed by atoms with Crippen molar-refractivity contribution in [1.29, 1.82) is 0 Å². The minimum absolute atomic E-state index is 0.246. The summed E-state index contributed by atoms with van der Waals surface area (Å²) in [6.07, 6.45) is -4.74. The minimum atomic E-state index is -1.23. The van der Waals surface area contributed by atoms with Crippen LogP contribution in [-0.2, 0) is 42.9 Å². The predicted molar refractivity (Wildman–Crippen MR) is 115 cm³/mol. The van der Waals surface area contributed by atoms with Crippen molar-refractivity contribution < 1.29 is 47.7 Å². The van der Waals surface area contributed by atoms with E-state index in [1.807, 2.05) is 0 Å². The molecule has 0 radical (unpaired) electrons. The molecule has 2 amide bonds. The maximum atomic E-state index is 11.9. The van der Waals surface area contributed by atoms with Crippen molar-refractivity contribution in [3.8, 4) is 5.75 Å². The van der Waals surface area contributed by atoms with Crippen LogP contribution in [-0.4, -0.2) is 67.0 Å². The highest BCUT2D eigenvalue weighted by Gasteiger charge is 2.51. The van der Waals surface area contributed by atoms with E-state index in [4.69, 9.17) is 23.7 Å². The van der Waals surface area contributed by atoms with Crippen molar-refractivity contribution in [2.75, 3.05) is 11.9 Å². The van der Waals surface area contributed by atoms with Crippen molar-refractivity contribution in [1.82, 2.24) is 5.32 Å². The second-order valence-corrected chi connectivity index (χ2v) is 7.54. The van der Waals surface area contributed by atoms with Crippen LogP contribution in [0.5, 0.6) is 5.75 Å². The average molecular weight is 480 g/mol. The molecule has 2 rings (SSSR count). The number of hydrogen-bond donors (Lipinski definition) is 2. The van der Waals surface area contributed by atoms with Gasteiger partial charge in [-0.15, -0.1) is 0 Å². The zero-order valence-electron chi connectivity index (χ0n) is 19.5. The van der Waals surface area contributed by atoms with Gasteiger partial charge in [-0.3, -0.25) is 24.0 Å². The number of hydrogen-bond acceptors (Lipinski definition) is 10. The summed E-state index contributed by atoms with van der Waals surface area (Å²) < 4.78 is 27.6. The summed E-state index contributed by atoms with van der Waals surface area (Å²) >= 11 is 0. The van der Waals surface area contributed by atoms with Gasteiger partial charge in [-0.2, -0.15) is 0 Å². The molecule has 0 spiro atoms. The minimum Gasteiger partial charge on any atom is -0.463 e. The molecule has 1 saturated heterocycles. The molecule has 0 aromatic heterocycles. The molecule has 1 fully saturated rings. The number of amides is 2.